The molecule has 0 aliphatic carbocycles. The summed E-state index contributed by atoms with van der Waals surface area (Å²) in [6, 6.07) is 28.5. The van der Waals surface area contributed by atoms with Crippen molar-refractivity contribution in [2.75, 3.05) is 13.1 Å². The number of nitrogens with one attached hydrogen (secondary N) is 1. The van der Waals surface area contributed by atoms with Gasteiger partial charge in [0.2, 0.25) is 5.91 Å². The van der Waals surface area contributed by atoms with Gasteiger partial charge in [-0.15, -0.1) is 0 Å². The number of nitrogens with zero attached hydrogens (tertiary/aromatic N) is 3. The van der Waals surface area contributed by atoms with Crippen LogP contribution in [0.1, 0.15) is 28.4 Å². The van der Waals surface area contributed by atoms with Crippen LogP contribution >= 0.6 is 0 Å². The summed E-state index contributed by atoms with van der Waals surface area (Å²) in [6.07, 6.45) is 3.66. The molecule has 0 bridgehead atoms. The minimum atomic E-state index is -0.131. The smallest absolute Gasteiger partial charge is 0.234 e. The van der Waals surface area contributed by atoms with E-state index in [1.807, 2.05) is 71.7 Å². The van der Waals surface area contributed by atoms with Crippen LogP contribution in [0.3, 0.4) is 0 Å². The molecule has 6 heteroatoms. The zero-order chi connectivity index (χ0) is 23.2. The molecule has 4 aromatic rings. The average molecular weight is 453 g/mol. The van der Waals surface area contributed by atoms with Crippen molar-refractivity contribution in [3.05, 3.63) is 120 Å². The molecule has 2 heterocycles. The summed E-state index contributed by atoms with van der Waals surface area (Å²) in [5.41, 5.74) is 4.38. The number of carbonyl (C=O) groups excluding carboxylic acids is 1. The standard InChI is InChI=1S/C28H28N4O2/c33-28(29-15-23-16-30-32(18-23)17-22-9-3-1-4-10-22)21-31-19-25-13-7-8-14-26(25)34-27(20-31)24-11-5-2-6-12-24/h1-14,16,18,27H,15,17,19-21H2,(H,29,33). The number of ether oxygens (including phenoxy) is 1. The van der Waals surface area contributed by atoms with Gasteiger partial charge in [-0.25, -0.2) is 0 Å². The predicted molar refractivity (Wildman–Crippen MR) is 131 cm³/mol. The highest BCUT2D eigenvalue weighted by Gasteiger charge is 2.25. The zero-order valence-corrected chi connectivity index (χ0v) is 19.0. The third-order valence-corrected chi connectivity index (χ3v) is 5.96. The van der Waals surface area contributed by atoms with E-state index in [-0.39, 0.29) is 12.0 Å². The topological polar surface area (TPSA) is 59.4 Å². The van der Waals surface area contributed by atoms with Crippen LogP contribution in [0.5, 0.6) is 5.75 Å². The fourth-order valence-electron chi connectivity index (χ4n) is 4.26. The summed E-state index contributed by atoms with van der Waals surface area (Å²) in [5.74, 6) is 0.868. The van der Waals surface area contributed by atoms with E-state index in [9.17, 15) is 4.79 Å². The second-order valence-electron chi connectivity index (χ2n) is 8.60. The molecule has 0 saturated carbocycles. The van der Waals surface area contributed by atoms with Gasteiger partial charge in [-0.1, -0.05) is 78.9 Å². The Morgan fingerprint density at radius 1 is 0.941 bits per heavy atom. The number of aromatic nitrogens is 2. The lowest BCUT2D eigenvalue weighted by atomic mass is 10.1. The molecule has 0 fully saturated rings. The molecule has 3 aromatic carbocycles. The van der Waals surface area contributed by atoms with Gasteiger partial charge in [0.05, 0.1) is 19.3 Å². The van der Waals surface area contributed by atoms with Gasteiger partial charge in [0.1, 0.15) is 11.9 Å². The summed E-state index contributed by atoms with van der Waals surface area (Å²) in [7, 11) is 0. The number of benzene rings is 3. The van der Waals surface area contributed by atoms with Crippen LogP contribution in [0.15, 0.2) is 97.3 Å². The Hall–Kier alpha value is -3.90. The first kappa shape index (κ1) is 21.9. The van der Waals surface area contributed by atoms with Gasteiger partial charge >= 0.3 is 0 Å². The highest BCUT2D eigenvalue weighted by molar-refractivity contribution is 5.78. The molecule has 1 aromatic heterocycles. The van der Waals surface area contributed by atoms with Gasteiger partial charge in [-0.3, -0.25) is 14.4 Å². The van der Waals surface area contributed by atoms with E-state index >= 15 is 0 Å². The Kier molecular flexibility index (Phi) is 6.68. The lowest BCUT2D eigenvalue weighted by Crippen LogP contribution is -2.38. The third kappa shape index (κ3) is 5.53. The molecule has 0 radical (unpaired) electrons. The quantitative estimate of drug-likeness (QED) is 0.457. The Morgan fingerprint density at radius 3 is 2.50 bits per heavy atom. The number of hydrogen-bond acceptors (Lipinski definition) is 4. The Labute approximate surface area is 199 Å². The molecule has 1 amide bonds. The number of rotatable bonds is 7. The van der Waals surface area contributed by atoms with Crippen molar-refractivity contribution in [2.45, 2.75) is 25.7 Å². The summed E-state index contributed by atoms with van der Waals surface area (Å²) in [6.45, 7) is 2.78. The lowest BCUT2D eigenvalue weighted by molar-refractivity contribution is -0.122. The summed E-state index contributed by atoms with van der Waals surface area (Å²) >= 11 is 0. The molecule has 1 aliphatic rings. The van der Waals surface area contributed by atoms with Crippen LogP contribution in [-0.2, 0) is 24.4 Å². The Balaban J connectivity index is 1.20. The summed E-state index contributed by atoms with van der Waals surface area (Å²) in [5, 5.41) is 7.47. The predicted octanol–water partition coefficient (Wildman–Crippen LogP) is 4.18. The molecule has 0 spiro atoms. The van der Waals surface area contributed by atoms with Crippen molar-refractivity contribution < 1.29 is 9.53 Å². The zero-order valence-electron chi connectivity index (χ0n) is 19.0. The van der Waals surface area contributed by atoms with Crippen LogP contribution in [0.4, 0.5) is 0 Å². The molecule has 172 valence electrons. The van der Waals surface area contributed by atoms with Crippen molar-refractivity contribution in [1.29, 1.82) is 0 Å². The molecule has 34 heavy (non-hydrogen) atoms. The third-order valence-electron chi connectivity index (χ3n) is 5.96. The number of hydrogen-bond donors (Lipinski definition) is 1. The van der Waals surface area contributed by atoms with E-state index in [4.69, 9.17) is 4.74 Å². The number of amides is 1. The van der Waals surface area contributed by atoms with Crippen molar-refractivity contribution in [2.24, 2.45) is 0 Å². The molecule has 1 unspecified atom stereocenters. The molecular formula is C28H28N4O2. The molecular weight excluding hydrogens is 424 g/mol. The molecule has 0 saturated heterocycles. The molecule has 1 N–H and O–H groups in total. The van der Waals surface area contributed by atoms with E-state index in [1.54, 1.807) is 0 Å². The first-order chi connectivity index (χ1) is 16.7. The second kappa shape index (κ2) is 10.4. The van der Waals surface area contributed by atoms with Gasteiger partial charge in [0.15, 0.2) is 0 Å². The van der Waals surface area contributed by atoms with E-state index in [0.29, 0.717) is 32.7 Å². The van der Waals surface area contributed by atoms with Crippen molar-refractivity contribution in [3.8, 4) is 5.75 Å². The highest BCUT2D eigenvalue weighted by Crippen LogP contribution is 2.30. The van der Waals surface area contributed by atoms with E-state index in [0.717, 1.165) is 22.4 Å². The van der Waals surface area contributed by atoms with Gasteiger partial charge in [0.25, 0.3) is 0 Å². The van der Waals surface area contributed by atoms with E-state index < -0.39 is 0 Å². The first-order valence-corrected chi connectivity index (χ1v) is 11.6. The highest BCUT2D eigenvalue weighted by atomic mass is 16.5. The van der Waals surface area contributed by atoms with Gasteiger partial charge in [-0.2, -0.15) is 5.10 Å². The molecule has 1 aliphatic heterocycles. The van der Waals surface area contributed by atoms with E-state index in [1.165, 1.54) is 5.56 Å². The molecule has 6 nitrogen and oxygen atoms in total. The normalized spacial score (nSPS) is 15.7. The minimum Gasteiger partial charge on any atom is -0.484 e. The van der Waals surface area contributed by atoms with Gasteiger partial charge in [-0.05, 0) is 17.2 Å². The number of fused-ring (bicyclic) bond motifs is 1. The minimum absolute atomic E-state index is 0.0120. The van der Waals surface area contributed by atoms with Crippen LogP contribution in [0.25, 0.3) is 0 Å². The monoisotopic (exact) mass is 452 g/mol. The Morgan fingerprint density at radius 2 is 1.68 bits per heavy atom. The van der Waals surface area contributed by atoms with Crippen LogP contribution in [0.2, 0.25) is 0 Å². The maximum atomic E-state index is 12.8. The van der Waals surface area contributed by atoms with Crippen LogP contribution < -0.4 is 10.1 Å². The summed E-state index contributed by atoms with van der Waals surface area (Å²) in [4.78, 5) is 15.0. The Bertz CT molecular complexity index is 1220. The molecule has 5 rings (SSSR count). The van der Waals surface area contributed by atoms with Crippen LogP contribution in [0, 0.1) is 0 Å². The largest absolute Gasteiger partial charge is 0.484 e. The molecule has 1 atom stereocenters. The SMILES string of the molecule is O=C(CN1Cc2ccccc2OC(c2ccccc2)C1)NCc1cnn(Cc2ccccc2)c1. The number of para-hydroxylation sites is 1. The van der Waals surface area contributed by atoms with Gasteiger partial charge < -0.3 is 10.1 Å². The van der Waals surface area contributed by atoms with Gasteiger partial charge in [0, 0.05) is 37.0 Å². The lowest BCUT2D eigenvalue weighted by Gasteiger charge is -2.23. The van der Waals surface area contributed by atoms with Crippen LogP contribution in [-0.4, -0.2) is 33.7 Å². The maximum Gasteiger partial charge on any atom is 0.234 e. The summed E-state index contributed by atoms with van der Waals surface area (Å²) < 4.78 is 8.24. The average Bonchev–Trinajstić information content (AvgIpc) is 3.23. The van der Waals surface area contributed by atoms with Crippen molar-refractivity contribution in [1.82, 2.24) is 20.0 Å². The van der Waals surface area contributed by atoms with Crippen molar-refractivity contribution in [3.63, 3.8) is 0 Å². The maximum absolute atomic E-state index is 12.8. The fourth-order valence-corrected chi connectivity index (χ4v) is 4.26. The van der Waals surface area contributed by atoms with Crippen molar-refractivity contribution >= 4 is 5.91 Å². The fraction of sp³-hybridized carbons (Fsp3) is 0.214. The first-order valence-electron chi connectivity index (χ1n) is 11.6. The second-order valence-corrected chi connectivity index (χ2v) is 8.60. The van der Waals surface area contributed by atoms with E-state index in [2.05, 4.69) is 45.6 Å². The number of carbonyl (C=O) groups is 1.